The van der Waals surface area contributed by atoms with Gasteiger partial charge in [0.1, 0.15) is 5.82 Å². The van der Waals surface area contributed by atoms with E-state index in [1.807, 2.05) is 0 Å². The molecule has 1 fully saturated rings. The normalized spacial score (nSPS) is 22.1. The zero-order chi connectivity index (χ0) is 15.8. The minimum Gasteiger partial charge on any atom is -0.396 e. The molecule has 0 aromatic heterocycles. The molecule has 1 aliphatic heterocycles. The van der Waals surface area contributed by atoms with E-state index >= 15 is 0 Å². The number of hydrogen-bond acceptors (Lipinski definition) is 5. The first kappa shape index (κ1) is 16.2. The van der Waals surface area contributed by atoms with Crippen LogP contribution in [0.25, 0.3) is 0 Å². The molecule has 0 amide bonds. The fourth-order valence-corrected chi connectivity index (χ4v) is 5.45. The Bertz CT molecular complexity index is 736. The van der Waals surface area contributed by atoms with Crippen molar-refractivity contribution in [3.05, 3.63) is 23.5 Å². The quantitative estimate of drug-likeness (QED) is 0.785. The van der Waals surface area contributed by atoms with Crippen LogP contribution in [0.1, 0.15) is 18.4 Å². The lowest BCUT2D eigenvalue weighted by Gasteiger charge is -2.23. The number of nitrogens with two attached hydrogens (primary N) is 1. The van der Waals surface area contributed by atoms with Gasteiger partial charge in [-0.25, -0.2) is 25.9 Å². The third-order valence-electron chi connectivity index (χ3n) is 3.35. The minimum atomic E-state index is -3.93. The van der Waals surface area contributed by atoms with Gasteiger partial charge in [0.25, 0.3) is 0 Å². The van der Waals surface area contributed by atoms with Gasteiger partial charge < -0.3 is 5.73 Å². The van der Waals surface area contributed by atoms with E-state index in [1.165, 1.54) is 13.0 Å². The summed E-state index contributed by atoms with van der Waals surface area (Å²) >= 11 is 0. The molecule has 1 atom stereocenters. The first-order chi connectivity index (χ1) is 9.61. The largest absolute Gasteiger partial charge is 0.396 e. The average molecular weight is 336 g/mol. The molecule has 2 rings (SSSR count). The van der Waals surface area contributed by atoms with E-state index in [0.29, 0.717) is 12.8 Å². The van der Waals surface area contributed by atoms with Gasteiger partial charge in [-0.3, -0.25) is 0 Å². The van der Waals surface area contributed by atoms with Crippen LogP contribution in [0.15, 0.2) is 17.0 Å². The van der Waals surface area contributed by atoms with Crippen LogP contribution in [0.2, 0.25) is 0 Å². The number of sulfonamides is 1. The van der Waals surface area contributed by atoms with Gasteiger partial charge in [0.05, 0.1) is 22.1 Å². The number of sulfone groups is 1. The second kappa shape index (κ2) is 5.54. The SMILES string of the molecule is Cc1cc(S(=O)(=O)NC2CCCS(=O)(=O)C2)cc(N)c1F. The van der Waals surface area contributed by atoms with Crippen molar-refractivity contribution in [2.24, 2.45) is 0 Å². The first-order valence-corrected chi connectivity index (χ1v) is 9.69. The van der Waals surface area contributed by atoms with E-state index in [4.69, 9.17) is 5.73 Å². The van der Waals surface area contributed by atoms with E-state index in [9.17, 15) is 21.2 Å². The van der Waals surface area contributed by atoms with Crippen LogP contribution in [0.4, 0.5) is 10.1 Å². The molecule has 9 heteroatoms. The highest BCUT2D eigenvalue weighted by Crippen LogP contribution is 2.22. The van der Waals surface area contributed by atoms with Crippen LogP contribution in [0.3, 0.4) is 0 Å². The summed E-state index contributed by atoms with van der Waals surface area (Å²) in [7, 11) is -7.15. The molecule has 3 N–H and O–H groups in total. The van der Waals surface area contributed by atoms with Crippen molar-refractivity contribution >= 4 is 25.5 Å². The van der Waals surface area contributed by atoms with Gasteiger partial charge in [-0.05, 0) is 37.5 Å². The lowest BCUT2D eigenvalue weighted by molar-refractivity contribution is 0.517. The molecule has 1 saturated heterocycles. The predicted molar refractivity (Wildman–Crippen MR) is 77.5 cm³/mol. The van der Waals surface area contributed by atoms with Gasteiger partial charge >= 0.3 is 0 Å². The topological polar surface area (TPSA) is 106 Å². The standard InChI is InChI=1S/C12H17FN2O4S2/c1-8-5-10(6-11(14)12(8)13)21(18,19)15-9-3-2-4-20(16,17)7-9/h5-6,9,15H,2-4,7,14H2,1H3. The van der Waals surface area contributed by atoms with Gasteiger partial charge in [-0.1, -0.05) is 0 Å². The number of nitrogens with one attached hydrogen (secondary N) is 1. The molecule has 1 heterocycles. The van der Waals surface area contributed by atoms with E-state index in [-0.39, 0.29) is 27.7 Å². The van der Waals surface area contributed by atoms with Gasteiger partial charge in [-0.15, -0.1) is 0 Å². The number of rotatable bonds is 3. The van der Waals surface area contributed by atoms with Crippen molar-refractivity contribution in [1.29, 1.82) is 0 Å². The zero-order valence-electron chi connectivity index (χ0n) is 11.5. The number of benzene rings is 1. The maximum Gasteiger partial charge on any atom is 0.240 e. The molecule has 1 aliphatic rings. The van der Waals surface area contributed by atoms with Gasteiger partial charge in [-0.2, -0.15) is 0 Å². The summed E-state index contributed by atoms with van der Waals surface area (Å²) in [6.45, 7) is 1.41. The number of halogens is 1. The first-order valence-electron chi connectivity index (χ1n) is 6.39. The van der Waals surface area contributed by atoms with Crippen molar-refractivity contribution in [1.82, 2.24) is 4.72 Å². The molecule has 21 heavy (non-hydrogen) atoms. The maximum atomic E-state index is 13.4. The number of anilines is 1. The Hall–Kier alpha value is -1.19. The van der Waals surface area contributed by atoms with Gasteiger partial charge in [0.15, 0.2) is 9.84 Å². The maximum absolute atomic E-state index is 13.4. The number of hydrogen-bond donors (Lipinski definition) is 2. The molecule has 118 valence electrons. The van der Waals surface area contributed by atoms with Crippen molar-refractivity contribution in [2.75, 3.05) is 17.2 Å². The monoisotopic (exact) mass is 336 g/mol. The van der Waals surface area contributed by atoms with Crippen LogP contribution < -0.4 is 10.5 Å². The zero-order valence-corrected chi connectivity index (χ0v) is 13.1. The van der Waals surface area contributed by atoms with E-state index in [1.54, 1.807) is 0 Å². The highest BCUT2D eigenvalue weighted by atomic mass is 32.2. The highest BCUT2D eigenvalue weighted by molar-refractivity contribution is 7.91. The van der Waals surface area contributed by atoms with Crippen molar-refractivity contribution in [2.45, 2.75) is 30.7 Å². The van der Waals surface area contributed by atoms with Crippen LogP contribution in [-0.2, 0) is 19.9 Å². The van der Waals surface area contributed by atoms with Crippen molar-refractivity contribution < 1.29 is 21.2 Å². The Morgan fingerprint density at radius 1 is 1.38 bits per heavy atom. The third-order valence-corrected chi connectivity index (χ3v) is 6.67. The van der Waals surface area contributed by atoms with E-state index in [2.05, 4.69) is 4.72 Å². The average Bonchev–Trinajstić information content (AvgIpc) is 2.33. The second-order valence-corrected chi connectivity index (χ2v) is 9.16. The summed E-state index contributed by atoms with van der Waals surface area (Å²) in [6, 6.07) is 1.54. The Morgan fingerprint density at radius 2 is 2.05 bits per heavy atom. The molecule has 1 aromatic rings. The lowest BCUT2D eigenvalue weighted by atomic mass is 10.2. The smallest absolute Gasteiger partial charge is 0.240 e. The summed E-state index contributed by atoms with van der Waals surface area (Å²) < 4.78 is 63.3. The Labute approximate surface area is 123 Å². The molecular formula is C12H17FN2O4S2. The summed E-state index contributed by atoms with van der Waals surface area (Å²) in [5.74, 6) is -0.801. The third kappa shape index (κ3) is 3.72. The van der Waals surface area contributed by atoms with Gasteiger partial charge in [0, 0.05) is 6.04 Å². The molecule has 0 aliphatic carbocycles. The predicted octanol–water partition coefficient (Wildman–Crippen LogP) is 0.572. The number of nitrogen functional groups attached to an aromatic ring is 1. The van der Waals surface area contributed by atoms with Crippen LogP contribution in [-0.4, -0.2) is 34.4 Å². The second-order valence-electron chi connectivity index (χ2n) is 5.22. The summed E-state index contributed by atoms with van der Waals surface area (Å²) in [4.78, 5) is -0.165. The molecular weight excluding hydrogens is 319 g/mol. The Morgan fingerprint density at radius 3 is 2.62 bits per heavy atom. The molecule has 0 spiro atoms. The molecule has 1 unspecified atom stereocenters. The van der Waals surface area contributed by atoms with Crippen molar-refractivity contribution in [3.8, 4) is 0 Å². The van der Waals surface area contributed by atoms with Crippen LogP contribution >= 0.6 is 0 Å². The highest BCUT2D eigenvalue weighted by Gasteiger charge is 2.29. The lowest BCUT2D eigenvalue weighted by Crippen LogP contribution is -2.43. The molecule has 0 radical (unpaired) electrons. The van der Waals surface area contributed by atoms with Crippen molar-refractivity contribution in [3.63, 3.8) is 0 Å². The summed E-state index contributed by atoms with van der Waals surface area (Å²) in [5, 5.41) is 0. The summed E-state index contributed by atoms with van der Waals surface area (Å²) in [6.07, 6.45) is 0.869. The molecule has 0 saturated carbocycles. The minimum absolute atomic E-state index is 0.0772. The van der Waals surface area contributed by atoms with Crippen LogP contribution in [0, 0.1) is 12.7 Å². The van der Waals surface area contributed by atoms with E-state index < -0.39 is 31.7 Å². The molecule has 1 aromatic carbocycles. The molecule has 6 nitrogen and oxygen atoms in total. The van der Waals surface area contributed by atoms with E-state index in [0.717, 1.165) is 6.07 Å². The fourth-order valence-electron chi connectivity index (χ4n) is 2.32. The fraction of sp³-hybridized carbons (Fsp3) is 0.500. The number of aryl methyl sites for hydroxylation is 1. The van der Waals surface area contributed by atoms with Gasteiger partial charge in [0.2, 0.25) is 10.0 Å². The van der Waals surface area contributed by atoms with Crippen LogP contribution in [0.5, 0.6) is 0 Å². The Balaban J connectivity index is 2.27. The Kier molecular flexibility index (Phi) is 4.27. The summed E-state index contributed by atoms with van der Waals surface area (Å²) in [5.41, 5.74) is 5.29. The molecule has 0 bridgehead atoms.